The normalized spacial score (nSPS) is 22.3. The van der Waals surface area contributed by atoms with Gasteiger partial charge in [-0.3, -0.25) is 0 Å². The first-order chi connectivity index (χ1) is 8.72. The molecule has 1 N–H and O–H groups in total. The second-order valence-electron chi connectivity index (χ2n) is 5.51. The van der Waals surface area contributed by atoms with Gasteiger partial charge in [0.05, 0.1) is 0 Å². The predicted molar refractivity (Wildman–Crippen MR) is 77.9 cm³/mol. The van der Waals surface area contributed by atoms with Gasteiger partial charge in [-0.05, 0) is 57.8 Å². The highest BCUT2D eigenvalue weighted by Crippen LogP contribution is 2.23. The number of nitrogens with one attached hydrogen (secondary N) is 1. The fourth-order valence-corrected chi connectivity index (χ4v) is 3.05. The fourth-order valence-electron chi connectivity index (χ4n) is 3.05. The topological polar surface area (TPSA) is 15.3 Å². The van der Waals surface area contributed by atoms with E-state index in [2.05, 4.69) is 55.4 Å². The minimum absolute atomic E-state index is 0.485. The molecule has 18 heavy (non-hydrogen) atoms. The largest absolute Gasteiger partial charge is 0.313 e. The third kappa shape index (κ3) is 3.12. The molecule has 2 nitrogen and oxygen atoms in total. The highest BCUT2D eigenvalue weighted by Gasteiger charge is 2.21. The van der Waals surface area contributed by atoms with E-state index in [0.29, 0.717) is 6.04 Å². The molecule has 0 aliphatic carbocycles. The fraction of sp³-hybridized carbons (Fsp3) is 0.625. The van der Waals surface area contributed by atoms with Crippen LogP contribution in [0.4, 0.5) is 0 Å². The number of benzene rings is 1. The zero-order valence-corrected chi connectivity index (χ0v) is 11.9. The highest BCUT2D eigenvalue weighted by molar-refractivity contribution is 5.28. The molecule has 100 valence electrons. The summed E-state index contributed by atoms with van der Waals surface area (Å²) >= 11 is 0. The van der Waals surface area contributed by atoms with Crippen LogP contribution in [0.25, 0.3) is 0 Å². The molecule has 2 heteroatoms. The second kappa shape index (κ2) is 6.35. The summed E-state index contributed by atoms with van der Waals surface area (Å²) in [5.41, 5.74) is 2.85. The molecule has 0 spiro atoms. The van der Waals surface area contributed by atoms with E-state index in [9.17, 15) is 0 Å². The summed E-state index contributed by atoms with van der Waals surface area (Å²) in [6, 6.07) is 9.99. The number of nitrogens with zero attached hydrogens (tertiary/aromatic N) is 1. The first-order valence-corrected chi connectivity index (χ1v) is 7.19. The summed E-state index contributed by atoms with van der Waals surface area (Å²) in [5.74, 6) is 0. The Morgan fingerprint density at radius 3 is 2.78 bits per heavy atom. The molecule has 1 aromatic rings. The monoisotopic (exact) mass is 246 g/mol. The van der Waals surface area contributed by atoms with Crippen molar-refractivity contribution in [2.45, 2.75) is 45.2 Å². The Balaban J connectivity index is 1.95. The van der Waals surface area contributed by atoms with Crippen LogP contribution in [0, 0.1) is 6.92 Å². The Morgan fingerprint density at radius 2 is 2.17 bits per heavy atom. The third-order valence-electron chi connectivity index (χ3n) is 4.31. The molecular weight excluding hydrogens is 220 g/mol. The molecule has 1 fully saturated rings. The number of hydrogen-bond acceptors (Lipinski definition) is 2. The van der Waals surface area contributed by atoms with Crippen LogP contribution in [0.15, 0.2) is 24.3 Å². The number of rotatable bonds is 5. The number of likely N-dealkylation sites (tertiary alicyclic amines) is 1. The van der Waals surface area contributed by atoms with Crippen LogP contribution >= 0.6 is 0 Å². The SMILES string of the molecule is CNC(CCN1CCCC1C)c1ccccc1C. The molecule has 1 aliphatic heterocycles. The van der Waals surface area contributed by atoms with E-state index in [4.69, 9.17) is 0 Å². The van der Waals surface area contributed by atoms with Crippen molar-refractivity contribution in [3.63, 3.8) is 0 Å². The minimum atomic E-state index is 0.485. The molecule has 2 unspecified atom stereocenters. The van der Waals surface area contributed by atoms with Crippen LogP contribution in [-0.4, -0.2) is 31.1 Å². The average Bonchev–Trinajstić information content (AvgIpc) is 2.78. The predicted octanol–water partition coefficient (Wildman–Crippen LogP) is 3.13. The van der Waals surface area contributed by atoms with Crippen molar-refractivity contribution in [1.29, 1.82) is 0 Å². The van der Waals surface area contributed by atoms with Gasteiger partial charge in [-0.15, -0.1) is 0 Å². The summed E-state index contributed by atoms with van der Waals surface area (Å²) in [5, 5.41) is 3.47. The van der Waals surface area contributed by atoms with Crippen LogP contribution in [0.3, 0.4) is 0 Å². The molecule has 2 rings (SSSR count). The standard InChI is InChI=1S/C16H26N2/c1-13-7-4-5-9-15(13)16(17-3)10-12-18-11-6-8-14(18)2/h4-5,7,9,14,16-17H,6,8,10-12H2,1-3H3. The molecule has 0 amide bonds. The molecule has 0 saturated carbocycles. The van der Waals surface area contributed by atoms with Gasteiger partial charge >= 0.3 is 0 Å². The zero-order valence-electron chi connectivity index (χ0n) is 11.9. The van der Waals surface area contributed by atoms with Gasteiger partial charge in [-0.2, -0.15) is 0 Å². The molecule has 0 radical (unpaired) electrons. The van der Waals surface area contributed by atoms with E-state index in [1.807, 2.05) is 0 Å². The van der Waals surface area contributed by atoms with E-state index in [-0.39, 0.29) is 0 Å². The van der Waals surface area contributed by atoms with Crippen molar-refractivity contribution in [2.24, 2.45) is 0 Å². The van der Waals surface area contributed by atoms with E-state index in [1.165, 1.54) is 43.5 Å². The van der Waals surface area contributed by atoms with E-state index >= 15 is 0 Å². The molecule has 0 bridgehead atoms. The van der Waals surface area contributed by atoms with E-state index < -0.39 is 0 Å². The zero-order chi connectivity index (χ0) is 13.0. The Bertz CT molecular complexity index is 375. The lowest BCUT2D eigenvalue weighted by Gasteiger charge is -2.25. The first kappa shape index (κ1) is 13.6. The van der Waals surface area contributed by atoms with Crippen molar-refractivity contribution in [3.05, 3.63) is 35.4 Å². The quantitative estimate of drug-likeness (QED) is 0.858. The smallest absolute Gasteiger partial charge is 0.0332 e. The van der Waals surface area contributed by atoms with Crippen LogP contribution in [0.1, 0.15) is 43.4 Å². The van der Waals surface area contributed by atoms with Gasteiger partial charge in [0.15, 0.2) is 0 Å². The lowest BCUT2D eigenvalue weighted by molar-refractivity contribution is 0.253. The second-order valence-corrected chi connectivity index (χ2v) is 5.51. The molecule has 1 saturated heterocycles. The lowest BCUT2D eigenvalue weighted by Crippen LogP contribution is -2.31. The molecule has 1 heterocycles. The van der Waals surface area contributed by atoms with Crippen LogP contribution in [0.5, 0.6) is 0 Å². The molecule has 2 atom stereocenters. The maximum atomic E-state index is 3.47. The van der Waals surface area contributed by atoms with Gasteiger partial charge in [0.25, 0.3) is 0 Å². The summed E-state index contributed by atoms with van der Waals surface area (Å²) in [6.45, 7) is 7.06. The Morgan fingerprint density at radius 1 is 1.39 bits per heavy atom. The highest BCUT2D eigenvalue weighted by atomic mass is 15.2. The number of aryl methyl sites for hydroxylation is 1. The molecule has 1 aliphatic rings. The summed E-state index contributed by atoms with van der Waals surface area (Å²) < 4.78 is 0. The maximum Gasteiger partial charge on any atom is 0.0332 e. The van der Waals surface area contributed by atoms with Crippen LogP contribution in [-0.2, 0) is 0 Å². The van der Waals surface area contributed by atoms with Crippen LogP contribution in [0.2, 0.25) is 0 Å². The molecule has 1 aromatic carbocycles. The van der Waals surface area contributed by atoms with Gasteiger partial charge in [0, 0.05) is 18.6 Å². The Kier molecular flexibility index (Phi) is 4.79. The molecular formula is C16H26N2. The van der Waals surface area contributed by atoms with Gasteiger partial charge in [-0.1, -0.05) is 24.3 Å². The van der Waals surface area contributed by atoms with Crippen molar-refractivity contribution in [2.75, 3.05) is 20.1 Å². The van der Waals surface area contributed by atoms with Gasteiger partial charge < -0.3 is 10.2 Å². The Labute approximate surface area is 111 Å². The number of hydrogen-bond donors (Lipinski definition) is 1. The van der Waals surface area contributed by atoms with Crippen LogP contribution < -0.4 is 5.32 Å². The first-order valence-electron chi connectivity index (χ1n) is 7.19. The molecule has 0 aromatic heterocycles. The Hall–Kier alpha value is -0.860. The summed E-state index contributed by atoms with van der Waals surface area (Å²) in [4.78, 5) is 2.63. The van der Waals surface area contributed by atoms with Gasteiger partial charge in [0.2, 0.25) is 0 Å². The van der Waals surface area contributed by atoms with Crippen molar-refractivity contribution in [3.8, 4) is 0 Å². The van der Waals surface area contributed by atoms with Gasteiger partial charge in [-0.25, -0.2) is 0 Å². The summed E-state index contributed by atoms with van der Waals surface area (Å²) in [6.07, 6.45) is 3.94. The van der Waals surface area contributed by atoms with E-state index in [1.54, 1.807) is 0 Å². The van der Waals surface area contributed by atoms with Crippen molar-refractivity contribution >= 4 is 0 Å². The van der Waals surface area contributed by atoms with Crippen molar-refractivity contribution < 1.29 is 0 Å². The van der Waals surface area contributed by atoms with Crippen molar-refractivity contribution in [1.82, 2.24) is 10.2 Å². The third-order valence-corrected chi connectivity index (χ3v) is 4.31. The van der Waals surface area contributed by atoms with E-state index in [0.717, 1.165) is 6.04 Å². The minimum Gasteiger partial charge on any atom is -0.313 e. The lowest BCUT2D eigenvalue weighted by atomic mass is 9.98. The summed E-state index contributed by atoms with van der Waals surface area (Å²) in [7, 11) is 2.07. The maximum absolute atomic E-state index is 3.47. The average molecular weight is 246 g/mol. The van der Waals surface area contributed by atoms with Gasteiger partial charge in [0.1, 0.15) is 0 Å².